The van der Waals surface area contributed by atoms with Gasteiger partial charge in [-0.2, -0.15) is 0 Å². The van der Waals surface area contributed by atoms with E-state index in [0.29, 0.717) is 4.88 Å². The summed E-state index contributed by atoms with van der Waals surface area (Å²) >= 11 is 1.45. The van der Waals surface area contributed by atoms with E-state index in [0.717, 1.165) is 49.2 Å². The van der Waals surface area contributed by atoms with Gasteiger partial charge in [-0.1, -0.05) is 18.2 Å². The van der Waals surface area contributed by atoms with Gasteiger partial charge in [-0.05, 0) is 42.3 Å². The fourth-order valence-electron chi connectivity index (χ4n) is 3.59. The Balaban J connectivity index is 0.00000225. The Hall–Kier alpha value is -2.15. The number of fused-ring (bicyclic) bond motifs is 1. The fourth-order valence-corrected chi connectivity index (χ4v) is 4.53. The minimum Gasteiger partial charge on any atom is -0.368 e. The van der Waals surface area contributed by atoms with Gasteiger partial charge in [0.25, 0.3) is 5.91 Å². The maximum atomic E-state index is 13.0. The van der Waals surface area contributed by atoms with Crippen LogP contribution in [0.5, 0.6) is 0 Å². The third-order valence-electron chi connectivity index (χ3n) is 5.12. The Bertz CT molecular complexity index is 952. The number of thiophene rings is 1. The summed E-state index contributed by atoms with van der Waals surface area (Å²) < 4.78 is 14.1. The number of carbonyl (C=O) groups excluding carboxylic acids is 1. The lowest BCUT2D eigenvalue weighted by molar-refractivity contribution is 0.100. The van der Waals surface area contributed by atoms with Crippen molar-refractivity contribution in [1.29, 1.82) is 0 Å². The van der Waals surface area contributed by atoms with E-state index < -0.39 is 0 Å². The van der Waals surface area contributed by atoms with Gasteiger partial charge in [0, 0.05) is 48.5 Å². The molecule has 4 nitrogen and oxygen atoms in total. The highest BCUT2D eigenvalue weighted by Crippen LogP contribution is 2.33. The number of nitrogens with zero attached hydrogens (tertiary/aromatic N) is 2. The number of rotatable bonds is 5. The molecule has 4 rings (SSSR count). The van der Waals surface area contributed by atoms with Gasteiger partial charge in [0.2, 0.25) is 0 Å². The highest BCUT2D eigenvalue weighted by atomic mass is 35.5. The van der Waals surface area contributed by atoms with E-state index in [1.807, 2.05) is 30.3 Å². The van der Waals surface area contributed by atoms with Crippen LogP contribution in [0.15, 0.2) is 48.5 Å². The van der Waals surface area contributed by atoms with E-state index in [2.05, 4.69) is 15.9 Å². The monoisotopic (exact) mass is 419 g/mol. The molecule has 148 valence electrons. The van der Waals surface area contributed by atoms with Crippen molar-refractivity contribution in [3.05, 3.63) is 64.8 Å². The lowest BCUT2D eigenvalue weighted by atomic mass is 10.1. The molecule has 3 aromatic rings. The lowest BCUT2D eigenvalue weighted by Crippen LogP contribution is -2.47. The van der Waals surface area contributed by atoms with Gasteiger partial charge >= 0.3 is 0 Å². The Kier molecular flexibility index (Phi) is 6.54. The molecule has 2 N–H and O–H groups in total. The predicted molar refractivity (Wildman–Crippen MR) is 116 cm³/mol. The molecule has 7 heteroatoms. The summed E-state index contributed by atoms with van der Waals surface area (Å²) in [6, 6.07) is 14.9. The van der Waals surface area contributed by atoms with E-state index in [1.54, 1.807) is 0 Å². The van der Waals surface area contributed by atoms with Gasteiger partial charge in [0.15, 0.2) is 0 Å². The van der Waals surface area contributed by atoms with Gasteiger partial charge in [0.05, 0.1) is 4.88 Å². The molecule has 1 aliphatic heterocycles. The first-order chi connectivity index (χ1) is 13.1. The van der Waals surface area contributed by atoms with Crippen molar-refractivity contribution >= 4 is 45.4 Å². The highest BCUT2D eigenvalue weighted by molar-refractivity contribution is 7.20. The Morgan fingerprint density at radius 3 is 2.46 bits per heavy atom. The SMILES string of the molecule is Cl.NC(=O)c1cc2c(N3CCN(CCc4ccc(F)cc4)CC3)cccc2s1. The summed E-state index contributed by atoms with van der Waals surface area (Å²) in [6.07, 6.45) is 0.933. The molecule has 0 aliphatic carbocycles. The Morgan fingerprint density at radius 2 is 1.79 bits per heavy atom. The Morgan fingerprint density at radius 1 is 1.07 bits per heavy atom. The summed E-state index contributed by atoms with van der Waals surface area (Å²) in [6.45, 7) is 4.86. The van der Waals surface area contributed by atoms with Crippen molar-refractivity contribution in [2.75, 3.05) is 37.6 Å². The average molecular weight is 420 g/mol. The van der Waals surface area contributed by atoms with Gasteiger partial charge in [-0.25, -0.2) is 4.39 Å². The van der Waals surface area contributed by atoms with Crippen molar-refractivity contribution in [2.45, 2.75) is 6.42 Å². The highest BCUT2D eigenvalue weighted by Gasteiger charge is 2.19. The number of benzene rings is 2. The van der Waals surface area contributed by atoms with E-state index in [4.69, 9.17) is 5.73 Å². The number of hydrogen-bond donors (Lipinski definition) is 1. The summed E-state index contributed by atoms with van der Waals surface area (Å²) in [5.74, 6) is -0.553. The maximum Gasteiger partial charge on any atom is 0.258 e. The van der Waals surface area contributed by atoms with E-state index in [-0.39, 0.29) is 24.1 Å². The molecule has 0 unspecified atom stereocenters. The molecule has 0 bridgehead atoms. The largest absolute Gasteiger partial charge is 0.368 e. The molecule has 1 aliphatic rings. The first kappa shape index (κ1) is 20.6. The topological polar surface area (TPSA) is 49.6 Å². The van der Waals surface area contributed by atoms with Crippen LogP contribution in [0.1, 0.15) is 15.2 Å². The Labute approximate surface area is 174 Å². The van der Waals surface area contributed by atoms with Crippen molar-refractivity contribution in [1.82, 2.24) is 4.90 Å². The van der Waals surface area contributed by atoms with E-state index in [9.17, 15) is 9.18 Å². The maximum absolute atomic E-state index is 13.0. The predicted octanol–water partition coefficient (Wildman–Crippen LogP) is 3.93. The molecule has 1 aromatic heterocycles. The summed E-state index contributed by atoms with van der Waals surface area (Å²) in [5, 5.41) is 1.11. The van der Waals surface area contributed by atoms with Gasteiger partial charge in [-0.15, -0.1) is 23.7 Å². The summed E-state index contributed by atoms with van der Waals surface area (Å²) in [5.41, 5.74) is 7.79. The minimum atomic E-state index is -0.368. The minimum absolute atomic E-state index is 0. The van der Waals surface area contributed by atoms with Gasteiger partial charge in [0.1, 0.15) is 5.82 Å². The molecule has 0 atom stereocenters. The fraction of sp³-hybridized carbons (Fsp3) is 0.286. The molecule has 1 amide bonds. The van der Waals surface area contributed by atoms with Crippen LogP contribution in [0.3, 0.4) is 0 Å². The number of halogens is 2. The second kappa shape index (κ2) is 8.90. The van der Waals surface area contributed by atoms with Crippen LogP contribution < -0.4 is 10.6 Å². The van der Waals surface area contributed by atoms with Gasteiger partial charge in [-0.3, -0.25) is 9.69 Å². The molecule has 0 saturated carbocycles. The zero-order valence-corrected chi connectivity index (χ0v) is 17.1. The van der Waals surface area contributed by atoms with Crippen LogP contribution >= 0.6 is 23.7 Å². The van der Waals surface area contributed by atoms with Crippen molar-refractivity contribution in [3.8, 4) is 0 Å². The zero-order valence-electron chi connectivity index (χ0n) is 15.4. The number of nitrogens with two attached hydrogens (primary N) is 1. The molecule has 0 spiro atoms. The third-order valence-corrected chi connectivity index (χ3v) is 6.24. The number of primary amides is 1. The molecule has 0 radical (unpaired) electrons. The number of amides is 1. The first-order valence-corrected chi connectivity index (χ1v) is 9.96. The van der Waals surface area contributed by atoms with Crippen LogP contribution in [0.4, 0.5) is 10.1 Å². The van der Waals surface area contributed by atoms with Crippen molar-refractivity contribution in [3.63, 3.8) is 0 Å². The average Bonchev–Trinajstić information content (AvgIpc) is 3.13. The number of carbonyl (C=O) groups is 1. The second-order valence-corrected chi connectivity index (χ2v) is 7.95. The molecule has 2 heterocycles. The van der Waals surface area contributed by atoms with E-state index in [1.165, 1.54) is 34.7 Å². The normalized spacial score (nSPS) is 14.8. The molecule has 2 aromatic carbocycles. The van der Waals surface area contributed by atoms with Gasteiger partial charge < -0.3 is 10.6 Å². The first-order valence-electron chi connectivity index (χ1n) is 9.14. The standard InChI is InChI=1S/C21H22FN3OS.ClH/c22-16-6-4-15(5-7-16)8-9-24-10-12-25(13-11-24)18-2-1-3-19-17(18)14-20(27-19)21(23)26;/h1-7,14H,8-13H2,(H2,23,26);1H. The zero-order chi connectivity index (χ0) is 18.8. The van der Waals surface area contributed by atoms with Crippen molar-refractivity contribution in [2.24, 2.45) is 5.73 Å². The quantitative estimate of drug-likeness (QED) is 0.681. The smallest absolute Gasteiger partial charge is 0.258 e. The van der Waals surface area contributed by atoms with Crippen LogP contribution in [0.25, 0.3) is 10.1 Å². The number of anilines is 1. The van der Waals surface area contributed by atoms with E-state index >= 15 is 0 Å². The molecule has 1 fully saturated rings. The summed E-state index contributed by atoms with van der Waals surface area (Å²) in [4.78, 5) is 16.9. The molecular weight excluding hydrogens is 397 g/mol. The van der Waals surface area contributed by atoms with Crippen LogP contribution in [0.2, 0.25) is 0 Å². The molecule has 28 heavy (non-hydrogen) atoms. The molecule has 1 saturated heterocycles. The third kappa shape index (κ3) is 4.46. The van der Waals surface area contributed by atoms with Crippen LogP contribution in [-0.2, 0) is 6.42 Å². The number of hydrogen-bond acceptors (Lipinski definition) is 4. The summed E-state index contributed by atoms with van der Waals surface area (Å²) in [7, 11) is 0. The van der Waals surface area contributed by atoms with Crippen LogP contribution in [0, 0.1) is 5.82 Å². The second-order valence-electron chi connectivity index (χ2n) is 6.87. The van der Waals surface area contributed by atoms with Crippen LogP contribution in [-0.4, -0.2) is 43.5 Å². The number of piperazine rings is 1. The molecular formula is C21H23ClFN3OS. The lowest BCUT2D eigenvalue weighted by Gasteiger charge is -2.36. The van der Waals surface area contributed by atoms with Crippen molar-refractivity contribution < 1.29 is 9.18 Å².